The van der Waals surface area contributed by atoms with E-state index in [1.807, 2.05) is 19.1 Å². The van der Waals surface area contributed by atoms with Gasteiger partial charge in [-0.15, -0.1) is 0 Å². The molecular weight excluding hydrogens is 249 g/mol. The Kier molecular flexibility index (Phi) is 5.31. The van der Waals surface area contributed by atoms with Gasteiger partial charge in [-0.25, -0.2) is 4.39 Å². The van der Waals surface area contributed by atoms with Gasteiger partial charge >= 0.3 is 0 Å². The van der Waals surface area contributed by atoms with Crippen molar-refractivity contribution in [2.24, 2.45) is 0 Å². The molecule has 0 unspecified atom stereocenters. The summed E-state index contributed by atoms with van der Waals surface area (Å²) in [6.07, 6.45) is 2.22. The predicted molar refractivity (Wildman–Crippen MR) is 83.2 cm³/mol. The highest BCUT2D eigenvalue weighted by molar-refractivity contribution is 5.65. The summed E-state index contributed by atoms with van der Waals surface area (Å²) in [5.74, 6) is -0.139. The number of benzene rings is 2. The fourth-order valence-corrected chi connectivity index (χ4v) is 2.34. The fraction of sp³-hybridized carbons (Fsp3) is 0.333. The molecule has 2 aromatic rings. The van der Waals surface area contributed by atoms with Crippen LogP contribution in [0.2, 0.25) is 0 Å². The molecule has 2 rings (SSSR count). The minimum Gasteiger partial charge on any atom is -0.313 e. The van der Waals surface area contributed by atoms with Crippen molar-refractivity contribution in [1.82, 2.24) is 5.32 Å². The molecule has 0 saturated carbocycles. The van der Waals surface area contributed by atoms with Crippen molar-refractivity contribution < 1.29 is 4.39 Å². The Labute approximate surface area is 120 Å². The topological polar surface area (TPSA) is 12.0 Å². The minimum atomic E-state index is -0.139. The van der Waals surface area contributed by atoms with E-state index in [4.69, 9.17) is 0 Å². The number of aryl methyl sites for hydroxylation is 1. The van der Waals surface area contributed by atoms with Gasteiger partial charge < -0.3 is 5.32 Å². The van der Waals surface area contributed by atoms with Crippen LogP contribution in [0.4, 0.5) is 4.39 Å². The summed E-state index contributed by atoms with van der Waals surface area (Å²) in [7, 11) is 0. The molecule has 0 saturated heterocycles. The highest BCUT2D eigenvalue weighted by Crippen LogP contribution is 2.23. The first-order valence-corrected chi connectivity index (χ1v) is 7.33. The summed E-state index contributed by atoms with van der Waals surface area (Å²) in [6.45, 7) is 5.62. The zero-order valence-corrected chi connectivity index (χ0v) is 12.2. The highest BCUT2D eigenvalue weighted by Gasteiger charge is 2.05. The van der Waals surface area contributed by atoms with E-state index in [0.29, 0.717) is 6.54 Å². The number of halogens is 1. The first-order valence-electron chi connectivity index (χ1n) is 7.33. The normalized spacial score (nSPS) is 10.8. The Morgan fingerprint density at radius 1 is 1.00 bits per heavy atom. The molecule has 0 heterocycles. The van der Waals surface area contributed by atoms with Gasteiger partial charge in [0, 0.05) is 12.1 Å². The summed E-state index contributed by atoms with van der Waals surface area (Å²) in [6, 6.07) is 13.9. The largest absolute Gasteiger partial charge is 0.313 e. The molecule has 1 nitrogen and oxygen atoms in total. The van der Waals surface area contributed by atoms with Crippen LogP contribution in [0.25, 0.3) is 11.1 Å². The molecule has 20 heavy (non-hydrogen) atoms. The summed E-state index contributed by atoms with van der Waals surface area (Å²) in [4.78, 5) is 0. The molecule has 2 heteroatoms. The van der Waals surface area contributed by atoms with Crippen LogP contribution in [0.3, 0.4) is 0 Å². The molecular formula is C18H22FN. The Bertz CT molecular complexity index is 563. The maximum absolute atomic E-state index is 13.8. The monoisotopic (exact) mass is 271 g/mol. The number of nitrogens with one attached hydrogen (secondary N) is 1. The van der Waals surface area contributed by atoms with Gasteiger partial charge in [-0.2, -0.15) is 0 Å². The summed E-state index contributed by atoms with van der Waals surface area (Å²) < 4.78 is 13.8. The van der Waals surface area contributed by atoms with Gasteiger partial charge in [-0.05, 0) is 41.8 Å². The molecule has 0 aliphatic rings. The van der Waals surface area contributed by atoms with E-state index in [1.165, 1.54) is 5.56 Å². The highest BCUT2D eigenvalue weighted by atomic mass is 19.1. The molecule has 0 bridgehead atoms. The van der Waals surface area contributed by atoms with Gasteiger partial charge in [0.25, 0.3) is 0 Å². The number of hydrogen-bond acceptors (Lipinski definition) is 1. The molecule has 0 aromatic heterocycles. The van der Waals surface area contributed by atoms with Crippen molar-refractivity contribution in [3.8, 4) is 11.1 Å². The minimum absolute atomic E-state index is 0.139. The molecule has 0 spiro atoms. The second-order valence-corrected chi connectivity index (χ2v) is 5.04. The Morgan fingerprint density at radius 2 is 1.80 bits per heavy atom. The van der Waals surface area contributed by atoms with E-state index in [1.54, 1.807) is 6.07 Å². The maximum atomic E-state index is 13.8. The third kappa shape index (κ3) is 3.67. The fourth-order valence-electron chi connectivity index (χ4n) is 2.34. The van der Waals surface area contributed by atoms with Crippen LogP contribution >= 0.6 is 0 Å². The van der Waals surface area contributed by atoms with Crippen molar-refractivity contribution in [3.05, 3.63) is 59.4 Å². The van der Waals surface area contributed by atoms with E-state index in [0.717, 1.165) is 36.1 Å². The molecule has 0 radical (unpaired) electrons. The van der Waals surface area contributed by atoms with E-state index >= 15 is 0 Å². The lowest BCUT2D eigenvalue weighted by molar-refractivity contribution is 0.593. The lowest BCUT2D eigenvalue weighted by Gasteiger charge is -2.09. The standard InChI is InChI=1S/C18H22FN/c1-3-6-14-7-5-8-15(11-14)16-9-10-18(19)17(12-16)13-20-4-2/h5,7-12,20H,3-4,6,13H2,1-2H3. The van der Waals surface area contributed by atoms with Crippen molar-refractivity contribution >= 4 is 0 Å². The zero-order valence-electron chi connectivity index (χ0n) is 12.2. The molecule has 0 atom stereocenters. The van der Waals surface area contributed by atoms with Crippen LogP contribution in [-0.4, -0.2) is 6.54 Å². The molecule has 2 aromatic carbocycles. The summed E-state index contributed by atoms with van der Waals surface area (Å²) >= 11 is 0. The van der Waals surface area contributed by atoms with Crippen LogP contribution in [0.15, 0.2) is 42.5 Å². The van der Waals surface area contributed by atoms with Crippen molar-refractivity contribution in [3.63, 3.8) is 0 Å². The average molecular weight is 271 g/mol. The van der Waals surface area contributed by atoms with Gasteiger partial charge in [0.1, 0.15) is 5.82 Å². The quantitative estimate of drug-likeness (QED) is 0.812. The van der Waals surface area contributed by atoms with E-state index in [9.17, 15) is 4.39 Å². The Morgan fingerprint density at radius 3 is 2.55 bits per heavy atom. The maximum Gasteiger partial charge on any atom is 0.127 e. The number of rotatable bonds is 6. The van der Waals surface area contributed by atoms with Crippen molar-refractivity contribution in [2.75, 3.05) is 6.54 Å². The smallest absolute Gasteiger partial charge is 0.127 e. The van der Waals surface area contributed by atoms with Crippen LogP contribution in [-0.2, 0) is 13.0 Å². The van der Waals surface area contributed by atoms with E-state index in [2.05, 4.69) is 36.5 Å². The predicted octanol–water partition coefficient (Wildman–Crippen LogP) is 4.55. The lowest BCUT2D eigenvalue weighted by atomic mass is 9.99. The summed E-state index contributed by atoms with van der Waals surface area (Å²) in [5.41, 5.74) is 4.30. The molecule has 0 amide bonds. The zero-order chi connectivity index (χ0) is 14.4. The van der Waals surface area contributed by atoms with Crippen molar-refractivity contribution in [2.45, 2.75) is 33.2 Å². The van der Waals surface area contributed by atoms with Gasteiger partial charge in [0.05, 0.1) is 0 Å². The average Bonchev–Trinajstić information content (AvgIpc) is 2.47. The van der Waals surface area contributed by atoms with Crippen LogP contribution in [0, 0.1) is 5.82 Å². The van der Waals surface area contributed by atoms with Gasteiger partial charge in [-0.1, -0.05) is 50.6 Å². The van der Waals surface area contributed by atoms with Gasteiger partial charge in [0.15, 0.2) is 0 Å². The Balaban J connectivity index is 2.30. The molecule has 106 valence electrons. The van der Waals surface area contributed by atoms with Crippen molar-refractivity contribution in [1.29, 1.82) is 0 Å². The molecule has 1 N–H and O–H groups in total. The van der Waals surface area contributed by atoms with E-state index in [-0.39, 0.29) is 5.82 Å². The first-order chi connectivity index (χ1) is 9.74. The molecule has 0 fully saturated rings. The second kappa shape index (κ2) is 7.20. The third-order valence-electron chi connectivity index (χ3n) is 3.41. The molecule has 0 aliphatic heterocycles. The van der Waals surface area contributed by atoms with Crippen LogP contribution < -0.4 is 5.32 Å². The second-order valence-electron chi connectivity index (χ2n) is 5.04. The van der Waals surface area contributed by atoms with Gasteiger partial charge in [-0.3, -0.25) is 0 Å². The van der Waals surface area contributed by atoms with Crippen LogP contribution in [0.1, 0.15) is 31.4 Å². The van der Waals surface area contributed by atoms with Crippen LogP contribution in [0.5, 0.6) is 0 Å². The molecule has 0 aliphatic carbocycles. The third-order valence-corrected chi connectivity index (χ3v) is 3.41. The van der Waals surface area contributed by atoms with Gasteiger partial charge in [0.2, 0.25) is 0 Å². The summed E-state index contributed by atoms with van der Waals surface area (Å²) in [5, 5.41) is 3.18. The first kappa shape index (κ1) is 14.7. The van der Waals surface area contributed by atoms with E-state index < -0.39 is 0 Å². The lowest BCUT2D eigenvalue weighted by Crippen LogP contribution is -2.12. The SMILES string of the molecule is CCCc1cccc(-c2ccc(F)c(CNCC)c2)c1. The number of hydrogen-bond donors (Lipinski definition) is 1. The Hall–Kier alpha value is -1.67.